The number of aliphatic hydroxyl groups excluding tert-OH is 1. The van der Waals surface area contributed by atoms with Gasteiger partial charge in [0.1, 0.15) is 16.6 Å². The Kier molecular flexibility index (Phi) is 4.34. The maximum atomic E-state index is 12.7. The van der Waals surface area contributed by atoms with Crippen molar-refractivity contribution in [1.82, 2.24) is 4.98 Å². The number of alkyl halides is 3. The number of amidine groups is 1. The summed E-state index contributed by atoms with van der Waals surface area (Å²) in [5.74, 6) is 0.0155. The standard InChI is InChI=1S/C18H18F3N3OS/c1-17(2,3)13-9-26-16(23-13)14-12(25)8-24(15(14)22)11-6-4-10(5-7-11)18(19,20)21/h4-7,9,22,25H,8H2,1-3H3. The van der Waals surface area contributed by atoms with Crippen molar-refractivity contribution in [3.05, 3.63) is 51.7 Å². The molecule has 26 heavy (non-hydrogen) atoms. The Bertz CT molecular complexity index is 876. The zero-order chi connectivity index (χ0) is 19.3. The van der Waals surface area contributed by atoms with Crippen molar-refractivity contribution in [2.24, 2.45) is 0 Å². The molecular formula is C18H18F3N3OS. The molecule has 1 aliphatic heterocycles. The summed E-state index contributed by atoms with van der Waals surface area (Å²) in [5.41, 5.74) is 0.694. The molecule has 0 radical (unpaired) electrons. The Morgan fingerprint density at radius 2 is 1.77 bits per heavy atom. The van der Waals surface area contributed by atoms with Crippen molar-refractivity contribution in [2.45, 2.75) is 32.4 Å². The normalized spacial score (nSPS) is 15.9. The molecular weight excluding hydrogens is 363 g/mol. The van der Waals surface area contributed by atoms with Crippen molar-refractivity contribution < 1.29 is 18.3 Å². The number of anilines is 1. The summed E-state index contributed by atoms with van der Waals surface area (Å²) in [6.07, 6.45) is -4.41. The molecule has 1 aliphatic rings. The zero-order valence-electron chi connectivity index (χ0n) is 14.5. The highest BCUT2D eigenvalue weighted by Crippen LogP contribution is 2.36. The van der Waals surface area contributed by atoms with Crippen LogP contribution in [0.3, 0.4) is 0 Å². The topological polar surface area (TPSA) is 60.2 Å². The lowest BCUT2D eigenvalue weighted by Crippen LogP contribution is -2.26. The van der Waals surface area contributed by atoms with Crippen LogP contribution in [0.2, 0.25) is 0 Å². The van der Waals surface area contributed by atoms with E-state index in [1.165, 1.54) is 28.4 Å². The molecule has 8 heteroatoms. The Hall–Kier alpha value is -2.35. The molecule has 1 aromatic heterocycles. The Morgan fingerprint density at radius 3 is 2.27 bits per heavy atom. The fourth-order valence-corrected chi connectivity index (χ4v) is 3.70. The van der Waals surface area contributed by atoms with Gasteiger partial charge in [-0.15, -0.1) is 11.3 Å². The van der Waals surface area contributed by atoms with Crippen molar-refractivity contribution in [3.63, 3.8) is 0 Å². The minimum atomic E-state index is -4.41. The number of nitrogens with zero attached hydrogens (tertiary/aromatic N) is 2. The number of nitrogens with one attached hydrogen (secondary N) is 1. The van der Waals surface area contributed by atoms with Gasteiger partial charge in [-0.05, 0) is 24.3 Å². The molecule has 3 rings (SSSR count). The van der Waals surface area contributed by atoms with Gasteiger partial charge in [0.25, 0.3) is 0 Å². The highest BCUT2D eigenvalue weighted by molar-refractivity contribution is 7.11. The van der Waals surface area contributed by atoms with Gasteiger partial charge in [-0.2, -0.15) is 13.2 Å². The maximum Gasteiger partial charge on any atom is 0.416 e. The second kappa shape index (κ2) is 6.12. The molecule has 2 N–H and O–H groups in total. The minimum Gasteiger partial charge on any atom is -0.510 e. The molecule has 0 unspecified atom stereocenters. The summed E-state index contributed by atoms with van der Waals surface area (Å²) in [4.78, 5) is 5.98. The van der Waals surface area contributed by atoms with Crippen LogP contribution in [0.15, 0.2) is 35.4 Å². The molecule has 0 saturated carbocycles. The molecule has 0 aliphatic carbocycles. The van der Waals surface area contributed by atoms with Crippen LogP contribution in [0, 0.1) is 5.41 Å². The number of hydrogen-bond acceptors (Lipinski definition) is 4. The van der Waals surface area contributed by atoms with E-state index in [1.807, 2.05) is 26.2 Å². The van der Waals surface area contributed by atoms with Crippen LogP contribution in [0.1, 0.15) is 37.0 Å². The third-order valence-electron chi connectivity index (χ3n) is 4.10. The van der Waals surface area contributed by atoms with Gasteiger partial charge in [-0.25, -0.2) is 4.98 Å². The molecule has 0 fully saturated rings. The quantitative estimate of drug-likeness (QED) is 0.749. The van der Waals surface area contributed by atoms with E-state index in [2.05, 4.69) is 4.98 Å². The molecule has 0 spiro atoms. The first-order valence-corrected chi connectivity index (χ1v) is 8.78. The van der Waals surface area contributed by atoms with Crippen molar-refractivity contribution in [2.75, 3.05) is 11.4 Å². The first-order chi connectivity index (χ1) is 12.0. The van der Waals surface area contributed by atoms with Gasteiger partial charge in [-0.1, -0.05) is 20.8 Å². The van der Waals surface area contributed by atoms with E-state index in [0.717, 1.165) is 17.8 Å². The predicted octanol–water partition coefficient (Wildman–Crippen LogP) is 5.23. The molecule has 2 aromatic rings. The van der Waals surface area contributed by atoms with Gasteiger partial charge in [-0.3, -0.25) is 5.41 Å². The van der Waals surface area contributed by atoms with Gasteiger partial charge < -0.3 is 10.0 Å². The van der Waals surface area contributed by atoms with Crippen LogP contribution in [0.4, 0.5) is 18.9 Å². The fourth-order valence-electron chi connectivity index (χ4n) is 2.59. The zero-order valence-corrected chi connectivity index (χ0v) is 15.3. The van der Waals surface area contributed by atoms with Crippen LogP contribution in [0.5, 0.6) is 0 Å². The lowest BCUT2D eigenvalue weighted by molar-refractivity contribution is -0.137. The fraction of sp³-hybridized carbons (Fsp3) is 0.333. The second-order valence-electron chi connectivity index (χ2n) is 7.09. The van der Waals surface area contributed by atoms with E-state index in [9.17, 15) is 18.3 Å². The minimum absolute atomic E-state index is 0.00953. The summed E-state index contributed by atoms with van der Waals surface area (Å²) in [7, 11) is 0. The molecule has 4 nitrogen and oxygen atoms in total. The highest BCUT2D eigenvalue weighted by atomic mass is 32.1. The Labute approximate surface area is 153 Å². The number of benzene rings is 1. The molecule has 1 aromatic carbocycles. The molecule has 0 bridgehead atoms. The summed E-state index contributed by atoms with van der Waals surface area (Å²) in [6.45, 7) is 6.10. The van der Waals surface area contributed by atoms with Crippen molar-refractivity contribution in [3.8, 4) is 0 Å². The van der Waals surface area contributed by atoms with Gasteiger partial charge >= 0.3 is 6.18 Å². The second-order valence-corrected chi connectivity index (χ2v) is 7.95. The maximum absolute atomic E-state index is 12.7. The number of aromatic nitrogens is 1. The van der Waals surface area contributed by atoms with Crippen LogP contribution in [0.25, 0.3) is 5.57 Å². The van der Waals surface area contributed by atoms with E-state index in [4.69, 9.17) is 5.41 Å². The van der Waals surface area contributed by atoms with E-state index >= 15 is 0 Å². The SMILES string of the molecule is CC(C)(C)c1csc(C2=C(O)CN(c3ccc(C(F)(F)F)cc3)C2=N)n1. The monoisotopic (exact) mass is 381 g/mol. The molecule has 138 valence electrons. The third-order valence-corrected chi connectivity index (χ3v) is 4.96. The smallest absolute Gasteiger partial charge is 0.416 e. The lowest BCUT2D eigenvalue weighted by Gasteiger charge is -2.19. The summed E-state index contributed by atoms with van der Waals surface area (Å²) in [5, 5.41) is 21.1. The van der Waals surface area contributed by atoms with Crippen LogP contribution < -0.4 is 4.90 Å². The first-order valence-electron chi connectivity index (χ1n) is 7.90. The van der Waals surface area contributed by atoms with Crippen LogP contribution in [-0.2, 0) is 11.6 Å². The highest BCUT2D eigenvalue weighted by Gasteiger charge is 2.33. The lowest BCUT2D eigenvalue weighted by atomic mass is 9.93. The summed E-state index contributed by atoms with van der Waals surface area (Å²) >= 11 is 1.34. The van der Waals surface area contributed by atoms with Gasteiger partial charge in [0.2, 0.25) is 0 Å². The van der Waals surface area contributed by atoms with E-state index in [0.29, 0.717) is 16.3 Å². The Balaban J connectivity index is 1.87. The van der Waals surface area contributed by atoms with Gasteiger partial charge in [0.05, 0.1) is 23.4 Å². The average Bonchev–Trinajstić information content (AvgIpc) is 3.11. The van der Waals surface area contributed by atoms with Crippen LogP contribution in [-0.4, -0.2) is 22.5 Å². The number of rotatable bonds is 2. The van der Waals surface area contributed by atoms with Crippen molar-refractivity contribution >= 4 is 28.4 Å². The van der Waals surface area contributed by atoms with Crippen LogP contribution >= 0.6 is 11.3 Å². The molecule has 2 heterocycles. The van der Waals surface area contributed by atoms with E-state index in [-0.39, 0.29) is 23.6 Å². The van der Waals surface area contributed by atoms with E-state index < -0.39 is 11.7 Å². The summed E-state index contributed by atoms with van der Waals surface area (Å²) < 4.78 is 38.1. The Morgan fingerprint density at radius 1 is 1.15 bits per heavy atom. The number of thiazole rings is 1. The molecule has 0 atom stereocenters. The molecule has 0 amide bonds. The number of aliphatic hydroxyl groups is 1. The molecule has 0 saturated heterocycles. The van der Waals surface area contributed by atoms with E-state index in [1.54, 1.807) is 0 Å². The van der Waals surface area contributed by atoms with Gasteiger partial charge in [0.15, 0.2) is 0 Å². The first kappa shape index (κ1) is 18.4. The number of halogens is 3. The third kappa shape index (κ3) is 3.33. The predicted molar refractivity (Wildman–Crippen MR) is 96.9 cm³/mol. The largest absolute Gasteiger partial charge is 0.510 e. The summed E-state index contributed by atoms with van der Waals surface area (Å²) in [6, 6.07) is 4.55. The van der Waals surface area contributed by atoms with Crippen molar-refractivity contribution in [1.29, 1.82) is 5.41 Å². The number of hydrogen-bond donors (Lipinski definition) is 2. The van der Waals surface area contributed by atoms with Gasteiger partial charge in [0, 0.05) is 16.5 Å². The average molecular weight is 381 g/mol.